The molecule has 1 saturated carbocycles. The van der Waals surface area contributed by atoms with Crippen LogP contribution in [0.2, 0.25) is 5.02 Å². The van der Waals surface area contributed by atoms with E-state index in [1.807, 2.05) is 18.3 Å². The van der Waals surface area contributed by atoms with Gasteiger partial charge in [0.25, 0.3) is 0 Å². The Morgan fingerprint density at radius 2 is 2.04 bits per heavy atom. The van der Waals surface area contributed by atoms with Crippen molar-refractivity contribution in [2.75, 3.05) is 6.54 Å². The van der Waals surface area contributed by atoms with Crippen molar-refractivity contribution in [1.29, 1.82) is 0 Å². The maximum absolute atomic E-state index is 6.08. The van der Waals surface area contributed by atoms with Gasteiger partial charge in [-0.2, -0.15) is 0 Å². The van der Waals surface area contributed by atoms with Gasteiger partial charge in [0.2, 0.25) is 0 Å². The van der Waals surface area contributed by atoms with Crippen LogP contribution < -0.4 is 11.1 Å². The van der Waals surface area contributed by atoms with Crippen LogP contribution in [0.25, 0.3) is 0 Å². The molecule has 1 aromatic heterocycles. The van der Waals surface area contributed by atoms with Gasteiger partial charge in [-0.15, -0.1) is 0 Å². The van der Waals surface area contributed by atoms with E-state index in [1.54, 1.807) is 0 Å². The van der Waals surface area contributed by atoms with Crippen molar-refractivity contribution in [1.82, 2.24) is 15.3 Å². The molecule has 0 saturated heterocycles. The normalized spacial score (nSPS) is 22.3. The van der Waals surface area contributed by atoms with Crippen LogP contribution in [-0.4, -0.2) is 16.5 Å². The van der Waals surface area contributed by atoms with Crippen LogP contribution in [0.1, 0.15) is 47.9 Å². The number of rotatable bonds is 3. The molecule has 4 rings (SSSR count). The van der Waals surface area contributed by atoms with Gasteiger partial charge < -0.3 is 11.1 Å². The fourth-order valence-electron chi connectivity index (χ4n) is 3.99. The molecule has 23 heavy (non-hydrogen) atoms. The minimum atomic E-state index is 0.111. The van der Waals surface area contributed by atoms with Crippen LogP contribution in [0.4, 0.5) is 0 Å². The largest absolute Gasteiger partial charge is 0.324 e. The lowest BCUT2D eigenvalue weighted by molar-refractivity contribution is 0.161. The Labute approximate surface area is 141 Å². The number of hydrogen-bond donors (Lipinski definition) is 2. The van der Waals surface area contributed by atoms with Gasteiger partial charge in [0.15, 0.2) is 0 Å². The Morgan fingerprint density at radius 1 is 1.26 bits per heavy atom. The summed E-state index contributed by atoms with van der Waals surface area (Å²) >= 11 is 6.08. The summed E-state index contributed by atoms with van der Waals surface area (Å²) in [6.07, 6.45) is 6.55. The second-order valence-corrected chi connectivity index (χ2v) is 6.99. The molecule has 2 heterocycles. The standard InChI is InChI=1S/C18H21ClN4/c19-14-4-2-13(3-5-14)18(7-1-8-18)17-16-12(6-9-21-17)11-22-15(10-20)23-16/h2-5,11,17,21H,1,6-10,20H2. The first-order valence-electron chi connectivity index (χ1n) is 8.27. The van der Waals surface area contributed by atoms with E-state index in [4.69, 9.17) is 22.3 Å². The monoisotopic (exact) mass is 328 g/mol. The maximum Gasteiger partial charge on any atom is 0.142 e. The van der Waals surface area contributed by atoms with Crippen molar-refractivity contribution < 1.29 is 0 Å². The summed E-state index contributed by atoms with van der Waals surface area (Å²) in [5.74, 6) is 0.725. The number of benzene rings is 1. The van der Waals surface area contributed by atoms with E-state index in [2.05, 4.69) is 22.4 Å². The van der Waals surface area contributed by atoms with Crippen molar-refractivity contribution >= 4 is 11.6 Å². The second kappa shape index (κ2) is 5.86. The molecule has 0 radical (unpaired) electrons. The Bertz CT molecular complexity index is 709. The molecule has 0 amide bonds. The average Bonchev–Trinajstić information content (AvgIpc) is 2.55. The van der Waals surface area contributed by atoms with Gasteiger partial charge >= 0.3 is 0 Å². The Morgan fingerprint density at radius 3 is 2.70 bits per heavy atom. The summed E-state index contributed by atoms with van der Waals surface area (Å²) in [6.45, 7) is 1.35. The van der Waals surface area contributed by atoms with Gasteiger partial charge in [0, 0.05) is 16.6 Å². The number of nitrogens with zero attached hydrogens (tertiary/aromatic N) is 2. The van der Waals surface area contributed by atoms with Crippen molar-refractivity contribution in [3.05, 3.63) is 58.1 Å². The summed E-state index contributed by atoms with van der Waals surface area (Å²) in [6, 6.07) is 8.55. The lowest BCUT2D eigenvalue weighted by Gasteiger charge is -2.50. The highest BCUT2D eigenvalue weighted by molar-refractivity contribution is 6.30. The number of nitrogens with two attached hydrogens (primary N) is 1. The molecule has 0 bridgehead atoms. The van der Waals surface area contributed by atoms with Gasteiger partial charge in [-0.1, -0.05) is 30.2 Å². The van der Waals surface area contributed by atoms with Gasteiger partial charge in [-0.3, -0.25) is 0 Å². The van der Waals surface area contributed by atoms with Crippen LogP contribution in [0.3, 0.4) is 0 Å². The first kappa shape index (κ1) is 15.1. The zero-order chi connectivity index (χ0) is 15.9. The van der Waals surface area contributed by atoms with E-state index in [0.717, 1.165) is 29.5 Å². The molecule has 120 valence electrons. The Kier molecular flexibility index (Phi) is 3.84. The number of fused-ring (bicyclic) bond motifs is 1. The molecule has 2 aliphatic rings. The third-order valence-corrected chi connectivity index (χ3v) is 5.62. The molecular formula is C18H21ClN4. The Hall–Kier alpha value is -1.49. The molecule has 2 aromatic rings. The third-order valence-electron chi connectivity index (χ3n) is 5.36. The summed E-state index contributed by atoms with van der Waals surface area (Å²) in [4.78, 5) is 9.15. The number of halogens is 1. The molecule has 1 aliphatic carbocycles. The first-order valence-corrected chi connectivity index (χ1v) is 8.65. The van der Waals surface area contributed by atoms with E-state index in [9.17, 15) is 0 Å². The minimum absolute atomic E-state index is 0.111. The second-order valence-electron chi connectivity index (χ2n) is 6.55. The van der Waals surface area contributed by atoms with Crippen molar-refractivity contribution in [2.24, 2.45) is 5.73 Å². The van der Waals surface area contributed by atoms with Gasteiger partial charge in [0.05, 0.1) is 18.3 Å². The Balaban J connectivity index is 1.79. The molecule has 1 fully saturated rings. The van der Waals surface area contributed by atoms with Gasteiger partial charge in [0.1, 0.15) is 5.82 Å². The highest BCUT2D eigenvalue weighted by Gasteiger charge is 2.48. The highest BCUT2D eigenvalue weighted by atomic mass is 35.5. The summed E-state index contributed by atoms with van der Waals surface area (Å²) < 4.78 is 0. The number of aromatic nitrogens is 2. The zero-order valence-corrected chi connectivity index (χ0v) is 13.8. The van der Waals surface area contributed by atoms with Gasteiger partial charge in [-0.25, -0.2) is 9.97 Å². The van der Waals surface area contributed by atoms with Crippen molar-refractivity contribution in [2.45, 2.75) is 43.7 Å². The molecule has 3 N–H and O–H groups in total. The molecule has 5 heteroatoms. The maximum atomic E-state index is 6.08. The number of hydrogen-bond acceptors (Lipinski definition) is 4. The van der Waals surface area contributed by atoms with Crippen LogP contribution in [0.5, 0.6) is 0 Å². The predicted molar refractivity (Wildman–Crippen MR) is 91.4 cm³/mol. The quantitative estimate of drug-likeness (QED) is 0.909. The van der Waals surface area contributed by atoms with E-state index in [0.29, 0.717) is 6.54 Å². The molecule has 1 aromatic carbocycles. The summed E-state index contributed by atoms with van der Waals surface area (Å²) in [5.41, 5.74) is 9.61. The summed E-state index contributed by atoms with van der Waals surface area (Å²) in [5, 5.41) is 4.50. The predicted octanol–water partition coefficient (Wildman–Crippen LogP) is 2.90. The fourth-order valence-corrected chi connectivity index (χ4v) is 4.11. The van der Waals surface area contributed by atoms with E-state index >= 15 is 0 Å². The zero-order valence-electron chi connectivity index (χ0n) is 13.1. The average molecular weight is 329 g/mol. The third kappa shape index (κ3) is 2.45. The van der Waals surface area contributed by atoms with Crippen LogP contribution in [0.15, 0.2) is 30.5 Å². The minimum Gasteiger partial charge on any atom is -0.324 e. The first-order chi connectivity index (χ1) is 11.2. The lowest BCUT2D eigenvalue weighted by atomic mass is 9.58. The van der Waals surface area contributed by atoms with Gasteiger partial charge in [-0.05, 0) is 49.1 Å². The van der Waals surface area contributed by atoms with E-state index in [1.165, 1.54) is 30.4 Å². The highest BCUT2D eigenvalue weighted by Crippen LogP contribution is 2.53. The number of nitrogens with one attached hydrogen (secondary N) is 1. The molecular weight excluding hydrogens is 308 g/mol. The van der Waals surface area contributed by atoms with Crippen LogP contribution in [-0.2, 0) is 18.4 Å². The van der Waals surface area contributed by atoms with Crippen LogP contribution in [0, 0.1) is 0 Å². The smallest absolute Gasteiger partial charge is 0.142 e. The van der Waals surface area contributed by atoms with Crippen LogP contribution >= 0.6 is 11.6 Å². The van der Waals surface area contributed by atoms with E-state index in [-0.39, 0.29) is 11.5 Å². The summed E-state index contributed by atoms with van der Waals surface area (Å²) in [7, 11) is 0. The fraction of sp³-hybridized carbons (Fsp3) is 0.444. The van der Waals surface area contributed by atoms with Crippen molar-refractivity contribution in [3.8, 4) is 0 Å². The molecule has 1 atom stereocenters. The van der Waals surface area contributed by atoms with E-state index < -0.39 is 0 Å². The topological polar surface area (TPSA) is 63.8 Å². The molecule has 1 aliphatic heterocycles. The molecule has 4 nitrogen and oxygen atoms in total. The SMILES string of the molecule is NCc1ncc2c(n1)C(C1(c3ccc(Cl)cc3)CCC1)NCC2. The molecule has 1 unspecified atom stereocenters. The molecule has 0 spiro atoms. The lowest BCUT2D eigenvalue weighted by Crippen LogP contribution is -2.49. The van der Waals surface area contributed by atoms with Crippen molar-refractivity contribution in [3.63, 3.8) is 0 Å².